The maximum Gasteiger partial charge on any atom is 0.123 e. The van der Waals surface area contributed by atoms with Crippen molar-refractivity contribution >= 4 is 5.69 Å². The number of nitrogens with zero attached hydrogens (tertiary/aromatic N) is 2. The second-order valence-corrected chi connectivity index (χ2v) is 4.61. The Morgan fingerprint density at radius 1 is 1.15 bits per heavy atom. The Labute approximate surface area is 117 Å². The van der Waals surface area contributed by atoms with E-state index in [0.717, 1.165) is 11.3 Å². The molecule has 0 aliphatic heterocycles. The summed E-state index contributed by atoms with van der Waals surface area (Å²) in [5.74, 6) is -0.283. The predicted octanol–water partition coefficient (Wildman–Crippen LogP) is 2.87. The fourth-order valence-corrected chi connectivity index (χ4v) is 1.95. The Hall–Kier alpha value is -2.38. The SMILES string of the molecule is CN(CC(O)c1ccc(C#N)cc1)c1ccc(F)cc1. The lowest BCUT2D eigenvalue weighted by molar-refractivity contribution is 0.185. The minimum absolute atomic E-state index is 0.283. The van der Waals surface area contributed by atoms with Crippen LogP contribution in [0.1, 0.15) is 17.2 Å². The van der Waals surface area contributed by atoms with Gasteiger partial charge in [-0.1, -0.05) is 12.1 Å². The number of likely N-dealkylation sites (N-methyl/N-ethyl adjacent to an activating group) is 1. The molecule has 2 aromatic carbocycles. The quantitative estimate of drug-likeness (QED) is 0.929. The number of aliphatic hydroxyl groups is 1. The van der Waals surface area contributed by atoms with Crippen LogP contribution < -0.4 is 4.90 Å². The first-order valence-electron chi connectivity index (χ1n) is 6.25. The van der Waals surface area contributed by atoms with E-state index in [9.17, 15) is 9.50 Å². The zero-order valence-electron chi connectivity index (χ0n) is 11.1. The van der Waals surface area contributed by atoms with Crippen molar-refractivity contribution in [3.8, 4) is 6.07 Å². The molecule has 1 N–H and O–H groups in total. The second kappa shape index (κ2) is 6.18. The maximum absolute atomic E-state index is 12.9. The van der Waals surface area contributed by atoms with Crippen molar-refractivity contribution in [2.45, 2.75) is 6.10 Å². The summed E-state index contributed by atoms with van der Waals surface area (Å²) in [6.07, 6.45) is -0.669. The Morgan fingerprint density at radius 2 is 1.75 bits per heavy atom. The molecule has 102 valence electrons. The Morgan fingerprint density at radius 3 is 2.30 bits per heavy atom. The molecule has 0 saturated heterocycles. The molecule has 0 aliphatic rings. The zero-order valence-corrected chi connectivity index (χ0v) is 11.1. The van der Waals surface area contributed by atoms with Crippen LogP contribution in [-0.4, -0.2) is 18.7 Å². The van der Waals surface area contributed by atoms with Crippen LogP contribution in [0.25, 0.3) is 0 Å². The third-order valence-corrected chi connectivity index (χ3v) is 3.14. The van der Waals surface area contributed by atoms with Crippen molar-refractivity contribution in [1.29, 1.82) is 5.26 Å². The summed E-state index contributed by atoms with van der Waals surface area (Å²) in [5.41, 5.74) is 2.14. The van der Waals surface area contributed by atoms with Gasteiger partial charge < -0.3 is 10.0 Å². The predicted molar refractivity (Wildman–Crippen MR) is 75.8 cm³/mol. The van der Waals surface area contributed by atoms with Crippen molar-refractivity contribution in [2.24, 2.45) is 0 Å². The highest BCUT2D eigenvalue weighted by atomic mass is 19.1. The van der Waals surface area contributed by atoms with Crippen molar-refractivity contribution in [1.82, 2.24) is 0 Å². The monoisotopic (exact) mass is 270 g/mol. The molecule has 0 aliphatic carbocycles. The molecule has 0 heterocycles. The normalized spacial score (nSPS) is 11.7. The highest BCUT2D eigenvalue weighted by Crippen LogP contribution is 2.19. The minimum Gasteiger partial charge on any atom is -0.387 e. The molecule has 0 saturated carbocycles. The number of rotatable bonds is 4. The van der Waals surface area contributed by atoms with Crippen molar-refractivity contribution in [3.63, 3.8) is 0 Å². The van der Waals surface area contributed by atoms with E-state index in [0.29, 0.717) is 12.1 Å². The van der Waals surface area contributed by atoms with Gasteiger partial charge in [0.15, 0.2) is 0 Å². The van der Waals surface area contributed by atoms with E-state index in [4.69, 9.17) is 5.26 Å². The summed E-state index contributed by atoms with van der Waals surface area (Å²) < 4.78 is 12.9. The highest BCUT2D eigenvalue weighted by molar-refractivity contribution is 5.46. The first kappa shape index (κ1) is 14.0. The number of halogens is 1. The van der Waals surface area contributed by atoms with Gasteiger partial charge in [0.05, 0.1) is 17.7 Å². The summed E-state index contributed by atoms with van der Waals surface area (Å²) in [6.45, 7) is 0.386. The molecule has 0 fully saturated rings. The Bertz CT molecular complexity index is 602. The van der Waals surface area contributed by atoms with Crippen LogP contribution in [0.2, 0.25) is 0 Å². The summed E-state index contributed by atoms with van der Waals surface area (Å²) in [6, 6.07) is 15.0. The summed E-state index contributed by atoms with van der Waals surface area (Å²) in [7, 11) is 1.83. The minimum atomic E-state index is -0.669. The fraction of sp³-hybridized carbons (Fsp3) is 0.188. The summed E-state index contributed by atoms with van der Waals surface area (Å²) in [5, 5.41) is 18.9. The van der Waals surface area contributed by atoms with Gasteiger partial charge in [0.1, 0.15) is 5.82 Å². The number of benzene rings is 2. The number of nitriles is 1. The van der Waals surface area contributed by atoms with E-state index in [-0.39, 0.29) is 5.82 Å². The van der Waals surface area contributed by atoms with Crippen LogP contribution in [0.15, 0.2) is 48.5 Å². The van der Waals surface area contributed by atoms with Gasteiger partial charge in [-0.3, -0.25) is 0 Å². The molecule has 1 unspecified atom stereocenters. The van der Waals surface area contributed by atoms with Crippen molar-refractivity contribution < 1.29 is 9.50 Å². The zero-order chi connectivity index (χ0) is 14.5. The standard InChI is InChI=1S/C16H15FN2O/c1-19(15-8-6-14(17)7-9-15)11-16(20)13-4-2-12(10-18)3-5-13/h2-9,16,20H,11H2,1H3. The van der Waals surface area contributed by atoms with Crippen LogP contribution in [0.3, 0.4) is 0 Å². The lowest BCUT2D eigenvalue weighted by Crippen LogP contribution is -2.24. The van der Waals surface area contributed by atoms with Gasteiger partial charge in [0, 0.05) is 19.3 Å². The molecule has 2 rings (SSSR count). The summed E-state index contributed by atoms with van der Waals surface area (Å²) in [4.78, 5) is 1.85. The van der Waals surface area contributed by atoms with Gasteiger partial charge >= 0.3 is 0 Å². The van der Waals surface area contributed by atoms with Crippen molar-refractivity contribution in [2.75, 3.05) is 18.5 Å². The molecule has 2 aromatic rings. The summed E-state index contributed by atoms with van der Waals surface area (Å²) >= 11 is 0. The molecule has 0 spiro atoms. The highest BCUT2D eigenvalue weighted by Gasteiger charge is 2.11. The lowest BCUT2D eigenvalue weighted by atomic mass is 10.1. The second-order valence-electron chi connectivity index (χ2n) is 4.61. The van der Waals surface area contributed by atoms with Crippen LogP contribution in [0.5, 0.6) is 0 Å². The molecule has 0 amide bonds. The first-order valence-corrected chi connectivity index (χ1v) is 6.25. The van der Waals surface area contributed by atoms with Gasteiger partial charge in [-0.2, -0.15) is 5.26 Å². The van der Waals surface area contributed by atoms with E-state index in [1.807, 2.05) is 18.0 Å². The first-order chi connectivity index (χ1) is 9.60. The van der Waals surface area contributed by atoms with E-state index in [1.165, 1.54) is 12.1 Å². The molecule has 4 heteroatoms. The number of hydrogen-bond acceptors (Lipinski definition) is 3. The number of hydrogen-bond donors (Lipinski definition) is 1. The third kappa shape index (κ3) is 3.34. The van der Waals surface area contributed by atoms with Crippen molar-refractivity contribution in [3.05, 3.63) is 65.5 Å². The Balaban J connectivity index is 2.04. The molecule has 1 atom stereocenters. The van der Waals surface area contributed by atoms with E-state index >= 15 is 0 Å². The molecular weight excluding hydrogens is 255 g/mol. The molecular formula is C16H15FN2O. The van der Waals surface area contributed by atoms with Crippen LogP contribution in [-0.2, 0) is 0 Å². The maximum atomic E-state index is 12.9. The molecule has 0 aromatic heterocycles. The van der Waals surface area contributed by atoms with E-state index in [2.05, 4.69) is 0 Å². The van der Waals surface area contributed by atoms with Gasteiger partial charge in [0.25, 0.3) is 0 Å². The Kier molecular flexibility index (Phi) is 4.34. The molecule has 0 bridgehead atoms. The fourth-order valence-electron chi connectivity index (χ4n) is 1.95. The van der Waals surface area contributed by atoms with Crippen LogP contribution in [0, 0.1) is 17.1 Å². The third-order valence-electron chi connectivity index (χ3n) is 3.14. The average molecular weight is 270 g/mol. The smallest absolute Gasteiger partial charge is 0.123 e. The van der Waals surface area contributed by atoms with Gasteiger partial charge in [-0.05, 0) is 42.0 Å². The largest absolute Gasteiger partial charge is 0.387 e. The van der Waals surface area contributed by atoms with Crippen LogP contribution in [0.4, 0.5) is 10.1 Å². The molecule has 3 nitrogen and oxygen atoms in total. The lowest BCUT2D eigenvalue weighted by Gasteiger charge is -2.23. The number of anilines is 1. The molecule has 0 radical (unpaired) electrons. The number of aliphatic hydroxyl groups excluding tert-OH is 1. The topological polar surface area (TPSA) is 47.3 Å². The molecule has 20 heavy (non-hydrogen) atoms. The van der Waals surface area contributed by atoms with Crippen LogP contribution >= 0.6 is 0 Å². The van der Waals surface area contributed by atoms with Gasteiger partial charge in [0.2, 0.25) is 0 Å². The van der Waals surface area contributed by atoms with Gasteiger partial charge in [-0.15, -0.1) is 0 Å². The average Bonchev–Trinajstić information content (AvgIpc) is 2.48. The van der Waals surface area contributed by atoms with E-state index in [1.54, 1.807) is 36.4 Å². The van der Waals surface area contributed by atoms with Gasteiger partial charge in [-0.25, -0.2) is 4.39 Å². The van der Waals surface area contributed by atoms with E-state index < -0.39 is 6.10 Å².